The number of nitrogens with zero attached hydrogens (tertiary/aromatic N) is 1. The van der Waals surface area contributed by atoms with Crippen molar-refractivity contribution in [3.63, 3.8) is 0 Å². The Morgan fingerprint density at radius 3 is 2.58 bits per heavy atom. The van der Waals surface area contributed by atoms with E-state index in [1.54, 1.807) is 13.2 Å². The van der Waals surface area contributed by atoms with Gasteiger partial charge in [0, 0.05) is 30.8 Å². The standard InChI is InChI=1S/C15H21NO3/c1-10(14-6-5-11(18-2)7-15(14)17)16-8-12-3-4-13(9-16)19-12/h5-7,10,12-13,17H,3-4,8-9H2,1-2H3. The highest BCUT2D eigenvalue weighted by Crippen LogP contribution is 2.35. The Bertz CT molecular complexity index is 451. The van der Waals surface area contributed by atoms with E-state index in [4.69, 9.17) is 9.47 Å². The number of likely N-dealkylation sites (tertiary alicyclic amines) is 1. The number of rotatable bonds is 3. The lowest BCUT2D eigenvalue weighted by atomic mass is 10.0. The number of morpholine rings is 1. The maximum Gasteiger partial charge on any atom is 0.124 e. The van der Waals surface area contributed by atoms with Gasteiger partial charge in [-0.25, -0.2) is 0 Å². The van der Waals surface area contributed by atoms with Gasteiger partial charge >= 0.3 is 0 Å². The lowest BCUT2D eigenvalue weighted by molar-refractivity contribution is -0.0511. The second-order valence-electron chi connectivity index (χ2n) is 5.51. The van der Waals surface area contributed by atoms with Crippen molar-refractivity contribution in [2.75, 3.05) is 20.2 Å². The number of phenols is 1. The molecule has 0 aliphatic carbocycles. The van der Waals surface area contributed by atoms with Crippen LogP contribution in [0.2, 0.25) is 0 Å². The summed E-state index contributed by atoms with van der Waals surface area (Å²) in [7, 11) is 1.61. The van der Waals surface area contributed by atoms with Gasteiger partial charge in [-0.1, -0.05) is 6.07 Å². The molecule has 104 valence electrons. The zero-order chi connectivity index (χ0) is 13.4. The molecule has 19 heavy (non-hydrogen) atoms. The molecule has 0 saturated carbocycles. The minimum atomic E-state index is 0.206. The Kier molecular flexibility index (Phi) is 3.37. The fourth-order valence-corrected chi connectivity index (χ4v) is 3.16. The van der Waals surface area contributed by atoms with Crippen molar-refractivity contribution in [3.8, 4) is 11.5 Å². The Labute approximate surface area is 113 Å². The lowest BCUT2D eigenvalue weighted by Gasteiger charge is -2.36. The molecule has 4 heteroatoms. The fraction of sp³-hybridized carbons (Fsp3) is 0.600. The van der Waals surface area contributed by atoms with Gasteiger partial charge in [0.2, 0.25) is 0 Å². The first-order valence-corrected chi connectivity index (χ1v) is 6.94. The maximum atomic E-state index is 10.1. The van der Waals surface area contributed by atoms with Crippen LogP contribution in [-0.4, -0.2) is 42.4 Å². The quantitative estimate of drug-likeness (QED) is 0.908. The third kappa shape index (κ3) is 2.42. The number of benzene rings is 1. The Balaban J connectivity index is 1.78. The minimum absolute atomic E-state index is 0.206. The van der Waals surface area contributed by atoms with Crippen LogP contribution in [-0.2, 0) is 4.74 Å². The largest absolute Gasteiger partial charge is 0.507 e. The Hall–Kier alpha value is -1.26. The highest BCUT2D eigenvalue weighted by molar-refractivity contribution is 5.41. The van der Waals surface area contributed by atoms with E-state index in [1.165, 1.54) is 12.8 Å². The molecule has 0 spiro atoms. The number of ether oxygens (including phenoxy) is 2. The number of hydrogen-bond donors (Lipinski definition) is 1. The van der Waals surface area contributed by atoms with Crippen LogP contribution in [0.3, 0.4) is 0 Å². The molecule has 2 fully saturated rings. The number of phenolic OH excluding ortho intramolecular Hbond substituents is 1. The summed E-state index contributed by atoms with van der Waals surface area (Å²) in [4.78, 5) is 2.41. The van der Waals surface area contributed by atoms with E-state index in [9.17, 15) is 5.11 Å². The molecule has 3 atom stereocenters. The number of hydrogen-bond acceptors (Lipinski definition) is 4. The van der Waals surface area contributed by atoms with Gasteiger partial charge in [0.15, 0.2) is 0 Å². The van der Waals surface area contributed by atoms with Crippen LogP contribution in [0, 0.1) is 0 Å². The molecule has 1 aromatic carbocycles. The van der Waals surface area contributed by atoms with Crippen molar-refractivity contribution in [1.82, 2.24) is 4.90 Å². The van der Waals surface area contributed by atoms with Gasteiger partial charge in [-0.3, -0.25) is 4.90 Å². The molecule has 0 amide bonds. The molecule has 0 aromatic heterocycles. The van der Waals surface area contributed by atoms with E-state index in [-0.39, 0.29) is 6.04 Å². The van der Waals surface area contributed by atoms with Crippen LogP contribution in [0.4, 0.5) is 0 Å². The normalized spacial score (nSPS) is 28.3. The van der Waals surface area contributed by atoms with Crippen molar-refractivity contribution < 1.29 is 14.6 Å². The first-order valence-electron chi connectivity index (χ1n) is 6.94. The maximum absolute atomic E-state index is 10.1. The van der Waals surface area contributed by atoms with Gasteiger partial charge in [-0.15, -0.1) is 0 Å². The summed E-state index contributed by atoms with van der Waals surface area (Å²) in [5, 5.41) is 10.1. The molecule has 1 N–H and O–H groups in total. The van der Waals surface area contributed by atoms with E-state index < -0.39 is 0 Å². The molecule has 1 aromatic rings. The molecular formula is C15H21NO3. The topological polar surface area (TPSA) is 41.9 Å². The monoisotopic (exact) mass is 263 g/mol. The van der Waals surface area contributed by atoms with E-state index in [0.717, 1.165) is 18.7 Å². The first-order chi connectivity index (χ1) is 9.17. The highest BCUT2D eigenvalue weighted by Gasteiger charge is 2.36. The summed E-state index contributed by atoms with van der Waals surface area (Å²) in [6.45, 7) is 4.07. The highest BCUT2D eigenvalue weighted by atomic mass is 16.5. The summed E-state index contributed by atoms with van der Waals surface area (Å²) >= 11 is 0. The van der Waals surface area contributed by atoms with Gasteiger partial charge in [0.05, 0.1) is 19.3 Å². The minimum Gasteiger partial charge on any atom is -0.507 e. The Morgan fingerprint density at radius 2 is 2.00 bits per heavy atom. The van der Waals surface area contributed by atoms with Crippen LogP contribution in [0.5, 0.6) is 11.5 Å². The molecular weight excluding hydrogens is 242 g/mol. The molecule has 2 bridgehead atoms. The number of fused-ring (bicyclic) bond motifs is 2. The fourth-order valence-electron chi connectivity index (χ4n) is 3.16. The predicted octanol–water partition coefficient (Wildman–Crippen LogP) is 2.33. The molecule has 3 unspecified atom stereocenters. The van der Waals surface area contributed by atoms with Crippen LogP contribution < -0.4 is 4.74 Å². The van der Waals surface area contributed by atoms with Crippen LogP contribution in [0.15, 0.2) is 18.2 Å². The zero-order valence-electron chi connectivity index (χ0n) is 11.5. The summed E-state index contributed by atoms with van der Waals surface area (Å²) in [6, 6.07) is 5.75. The Morgan fingerprint density at radius 1 is 1.32 bits per heavy atom. The van der Waals surface area contributed by atoms with Gasteiger partial charge in [0.1, 0.15) is 11.5 Å². The summed E-state index contributed by atoms with van der Waals surface area (Å²) in [5.41, 5.74) is 0.960. The molecule has 2 aliphatic rings. The molecule has 4 nitrogen and oxygen atoms in total. The molecule has 0 radical (unpaired) electrons. The van der Waals surface area contributed by atoms with Crippen LogP contribution in [0.25, 0.3) is 0 Å². The van der Waals surface area contributed by atoms with Crippen molar-refractivity contribution in [1.29, 1.82) is 0 Å². The summed E-state index contributed by atoms with van der Waals surface area (Å²) in [6.07, 6.45) is 3.09. The number of aromatic hydroxyl groups is 1. The zero-order valence-corrected chi connectivity index (χ0v) is 11.5. The van der Waals surface area contributed by atoms with Gasteiger partial charge in [0.25, 0.3) is 0 Å². The second kappa shape index (κ2) is 5.02. The van der Waals surface area contributed by atoms with Crippen molar-refractivity contribution in [2.24, 2.45) is 0 Å². The van der Waals surface area contributed by atoms with E-state index >= 15 is 0 Å². The predicted molar refractivity (Wildman–Crippen MR) is 72.5 cm³/mol. The average molecular weight is 263 g/mol. The van der Waals surface area contributed by atoms with Crippen molar-refractivity contribution >= 4 is 0 Å². The van der Waals surface area contributed by atoms with Crippen LogP contribution >= 0.6 is 0 Å². The van der Waals surface area contributed by atoms with Gasteiger partial charge < -0.3 is 14.6 Å². The molecule has 2 aliphatic heterocycles. The summed E-state index contributed by atoms with van der Waals surface area (Å²) < 4.78 is 11.0. The molecule has 2 heterocycles. The van der Waals surface area contributed by atoms with E-state index in [0.29, 0.717) is 23.7 Å². The third-order valence-electron chi connectivity index (χ3n) is 4.31. The van der Waals surface area contributed by atoms with Crippen molar-refractivity contribution in [3.05, 3.63) is 23.8 Å². The van der Waals surface area contributed by atoms with E-state index in [2.05, 4.69) is 11.8 Å². The van der Waals surface area contributed by atoms with E-state index in [1.807, 2.05) is 12.1 Å². The third-order valence-corrected chi connectivity index (χ3v) is 4.31. The first kappa shape index (κ1) is 12.8. The average Bonchev–Trinajstić information content (AvgIpc) is 2.76. The molecule has 2 saturated heterocycles. The van der Waals surface area contributed by atoms with Gasteiger partial charge in [-0.05, 0) is 25.8 Å². The number of methoxy groups -OCH3 is 1. The lowest BCUT2D eigenvalue weighted by Crippen LogP contribution is -2.43. The van der Waals surface area contributed by atoms with Crippen molar-refractivity contribution in [2.45, 2.75) is 38.0 Å². The SMILES string of the molecule is COc1ccc(C(C)N2CC3CCC(C2)O3)c(O)c1. The molecule has 3 rings (SSSR count). The second-order valence-corrected chi connectivity index (χ2v) is 5.51. The van der Waals surface area contributed by atoms with Crippen LogP contribution in [0.1, 0.15) is 31.4 Å². The smallest absolute Gasteiger partial charge is 0.124 e. The summed E-state index contributed by atoms with van der Waals surface area (Å²) in [5.74, 6) is 1.00. The van der Waals surface area contributed by atoms with Gasteiger partial charge in [-0.2, -0.15) is 0 Å².